The fourth-order valence-corrected chi connectivity index (χ4v) is 5.14. The number of piperazine rings is 1. The number of methoxy groups -OCH3 is 1. The van der Waals surface area contributed by atoms with Crippen LogP contribution in [0.3, 0.4) is 0 Å². The summed E-state index contributed by atoms with van der Waals surface area (Å²) in [5.74, 6) is -0.395. The number of benzene rings is 2. The highest BCUT2D eigenvalue weighted by Crippen LogP contribution is 2.29. The maximum atomic E-state index is 15.2. The predicted molar refractivity (Wildman–Crippen MR) is 153 cm³/mol. The first-order valence-electron chi connectivity index (χ1n) is 13.0. The van der Waals surface area contributed by atoms with Crippen LogP contribution in [-0.4, -0.2) is 54.7 Å². The summed E-state index contributed by atoms with van der Waals surface area (Å²) in [5.41, 5.74) is 3.43. The molecule has 4 aromatic rings. The summed E-state index contributed by atoms with van der Waals surface area (Å²) in [6.07, 6.45) is -3.02. The maximum absolute atomic E-state index is 15.2. The van der Waals surface area contributed by atoms with E-state index in [9.17, 15) is 18.0 Å². The third kappa shape index (κ3) is 6.64. The molecule has 0 saturated carbocycles. The fourth-order valence-electron chi connectivity index (χ4n) is 5.14. The first kappa shape index (κ1) is 30.8. The SMILES string of the molecule is COc1ccn2nc(C)c(C(=O)NCc3ccc(N4CCN(c5ccc(OC(F)(F)F)cc5)[C@@H](C)C4)c(F)c3)c2c1.Cl. The Labute approximate surface area is 246 Å². The Balaban J connectivity index is 0.00000405. The van der Waals surface area contributed by atoms with Gasteiger partial charge in [-0.15, -0.1) is 25.6 Å². The maximum Gasteiger partial charge on any atom is 0.573 e. The Morgan fingerprint density at radius 2 is 1.81 bits per heavy atom. The number of halogens is 5. The first-order valence-corrected chi connectivity index (χ1v) is 13.0. The Morgan fingerprint density at radius 1 is 1.07 bits per heavy atom. The molecule has 8 nitrogen and oxygen atoms in total. The molecular formula is C29H30ClF4N5O3. The lowest BCUT2D eigenvalue weighted by molar-refractivity contribution is -0.274. The zero-order valence-electron chi connectivity index (χ0n) is 23.1. The molecule has 0 bridgehead atoms. The number of carbonyl (C=O) groups is 1. The Morgan fingerprint density at radius 3 is 2.45 bits per heavy atom. The van der Waals surface area contributed by atoms with Crippen LogP contribution >= 0.6 is 12.4 Å². The lowest BCUT2D eigenvalue weighted by atomic mass is 10.1. The molecule has 13 heteroatoms. The van der Waals surface area contributed by atoms with E-state index in [1.54, 1.807) is 61.1 Å². The largest absolute Gasteiger partial charge is 0.573 e. The van der Waals surface area contributed by atoms with E-state index in [1.165, 1.54) is 18.2 Å². The van der Waals surface area contributed by atoms with Crippen LogP contribution in [0.2, 0.25) is 0 Å². The molecule has 1 N–H and O–H groups in total. The van der Waals surface area contributed by atoms with Crippen molar-refractivity contribution < 1.29 is 31.8 Å². The molecule has 1 aliphatic rings. The average Bonchev–Trinajstić information content (AvgIpc) is 3.26. The zero-order chi connectivity index (χ0) is 29.3. The van der Waals surface area contributed by atoms with Gasteiger partial charge in [0.15, 0.2) is 0 Å². The van der Waals surface area contributed by atoms with E-state index in [1.807, 2.05) is 11.8 Å². The molecule has 224 valence electrons. The van der Waals surface area contributed by atoms with Crippen molar-refractivity contribution in [3.63, 3.8) is 0 Å². The number of ether oxygens (including phenoxy) is 2. The fraction of sp³-hybridized carbons (Fsp3) is 0.310. The summed E-state index contributed by atoms with van der Waals surface area (Å²) in [5, 5.41) is 7.23. The third-order valence-electron chi connectivity index (χ3n) is 7.08. The van der Waals surface area contributed by atoms with Crippen molar-refractivity contribution in [1.82, 2.24) is 14.9 Å². The van der Waals surface area contributed by atoms with E-state index < -0.39 is 12.2 Å². The van der Waals surface area contributed by atoms with Crippen LogP contribution in [0, 0.1) is 12.7 Å². The van der Waals surface area contributed by atoms with Gasteiger partial charge in [0.05, 0.1) is 29.6 Å². The molecule has 42 heavy (non-hydrogen) atoms. The van der Waals surface area contributed by atoms with Gasteiger partial charge in [-0.1, -0.05) is 6.07 Å². The van der Waals surface area contributed by atoms with Crippen LogP contribution in [-0.2, 0) is 6.54 Å². The number of hydrogen-bond donors (Lipinski definition) is 1. The van der Waals surface area contributed by atoms with Crippen molar-refractivity contribution in [2.75, 3.05) is 36.5 Å². The van der Waals surface area contributed by atoms with Gasteiger partial charge in [0.25, 0.3) is 5.91 Å². The molecule has 1 fully saturated rings. The van der Waals surface area contributed by atoms with E-state index in [2.05, 4.69) is 20.1 Å². The van der Waals surface area contributed by atoms with Crippen molar-refractivity contribution >= 4 is 35.2 Å². The molecule has 0 radical (unpaired) electrons. The van der Waals surface area contributed by atoms with Crippen LogP contribution in [0.4, 0.5) is 28.9 Å². The highest BCUT2D eigenvalue weighted by molar-refractivity contribution is 6.02. The summed E-state index contributed by atoms with van der Waals surface area (Å²) < 4.78 is 63.4. The summed E-state index contributed by atoms with van der Waals surface area (Å²) >= 11 is 0. The standard InChI is InChI=1S/C29H29F4N5O3.ClH/c1-18-17-36(12-13-37(18)21-5-7-22(8-6-21)41-29(31,32)33)25-9-4-20(14-24(25)30)16-34-28(39)27-19(2)35-38-11-10-23(40-3)15-26(27)38;/h4-11,14-15,18H,12-13,16-17H2,1-3H3,(H,34,39);1H/t18-;/m0./s1. The minimum atomic E-state index is -4.74. The Kier molecular flexibility index (Phi) is 9.05. The first-order chi connectivity index (χ1) is 19.5. The van der Waals surface area contributed by atoms with Gasteiger partial charge in [-0.3, -0.25) is 4.79 Å². The normalized spacial score (nSPS) is 15.4. The number of carbonyl (C=O) groups excluding carboxylic acids is 1. The Bertz CT molecular complexity index is 1560. The molecular weight excluding hydrogens is 578 g/mol. The van der Waals surface area contributed by atoms with E-state index in [-0.39, 0.29) is 36.7 Å². The van der Waals surface area contributed by atoms with E-state index in [4.69, 9.17) is 4.74 Å². The van der Waals surface area contributed by atoms with Crippen molar-refractivity contribution in [1.29, 1.82) is 0 Å². The summed E-state index contributed by atoms with van der Waals surface area (Å²) in [6.45, 7) is 5.46. The summed E-state index contributed by atoms with van der Waals surface area (Å²) in [7, 11) is 1.55. The number of aromatic nitrogens is 2. The second-order valence-corrected chi connectivity index (χ2v) is 9.86. The smallest absolute Gasteiger partial charge is 0.497 e. The molecule has 0 unspecified atom stereocenters. The molecule has 1 aliphatic heterocycles. The third-order valence-corrected chi connectivity index (χ3v) is 7.08. The van der Waals surface area contributed by atoms with Crippen LogP contribution < -0.4 is 24.6 Å². The highest BCUT2D eigenvalue weighted by atomic mass is 35.5. The summed E-state index contributed by atoms with van der Waals surface area (Å²) in [6, 6.07) is 14.1. The lowest BCUT2D eigenvalue weighted by Gasteiger charge is -2.42. The van der Waals surface area contributed by atoms with Gasteiger partial charge in [0.2, 0.25) is 0 Å². The van der Waals surface area contributed by atoms with E-state index >= 15 is 4.39 Å². The lowest BCUT2D eigenvalue weighted by Crippen LogP contribution is -2.52. The second kappa shape index (κ2) is 12.4. The molecule has 1 amide bonds. The number of amides is 1. The zero-order valence-corrected chi connectivity index (χ0v) is 23.9. The van der Waals surface area contributed by atoms with Gasteiger partial charge in [0, 0.05) is 50.2 Å². The molecule has 0 aliphatic carbocycles. The molecule has 0 spiro atoms. The minimum absolute atomic E-state index is 0. The highest BCUT2D eigenvalue weighted by Gasteiger charge is 2.31. The van der Waals surface area contributed by atoms with E-state index in [0.717, 1.165) is 5.69 Å². The van der Waals surface area contributed by atoms with Crippen molar-refractivity contribution in [3.8, 4) is 11.5 Å². The molecule has 2 aromatic carbocycles. The number of aryl methyl sites for hydroxylation is 1. The number of rotatable bonds is 7. The van der Waals surface area contributed by atoms with Gasteiger partial charge in [0.1, 0.15) is 17.3 Å². The summed E-state index contributed by atoms with van der Waals surface area (Å²) in [4.78, 5) is 17.0. The van der Waals surface area contributed by atoms with Crippen LogP contribution in [0.5, 0.6) is 11.5 Å². The van der Waals surface area contributed by atoms with Gasteiger partial charge in [-0.2, -0.15) is 5.10 Å². The Hall–Kier alpha value is -4.19. The molecule has 2 aromatic heterocycles. The van der Waals surface area contributed by atoms with Crippen LogP contribution in [0.1, 0.15) is 28.5 Å². The second-order valence-electron chi connectivity index (χ2n) is 9.86. The molecule has 1 atom stereocenters. The number of nitrogens with zero attached hydrogens (tertiary/aromatic N) is 4. The number of hydrogen-bond acceptors (Lipinski definition) is 6. The van der Waals surface area contributed by atoms with Gasteiger partial charge in [-0.05, 0) is 61.9 Å². The van der Waals surface area contributed by atoms with Crippen molar-refractivity contribution in [2.45, 2.75) is 32.8 Å². The average molecular weight is 608 g/mol. The number of anilines is 2. The van der Waals surface area contributed by atoms with Gasteiger partial charge in [-0.25, -0.2) is 8.91 Å². The van der Waals surface area contributed by atoms with E-state index in [0.29, 0.717) is 53.4 Å². The molecule has 5 rings (SSSR count). The van der Waals surface area contributed by atoms with Crippen LogP contribution in [0.25, 0.3) is 5.52 Å². The quantitative estimate of drug-likeness (QED) is 0.270. The number of fused-ring (bicyclic) bond motifs is 1. The van der Waals surface area contributed by atoms with Crippen molar-refractivity contribution in [2.24, 2.45) is 0 Å². The predicted octanol–water partition coefficient (Wildman–Crippen LogP) is 5.76. The monoisotopic (exact) mass is 607 g/mol. The van der Waals surface area contributed by atoms with Gasteiger partial charge >= 0.3 is 6.36 Å². The van der Waals surface area contributed by atoms with Crippen LogP contribution in [0.15, 0.2) is 60.8 Å². The molecule has 3 heterocycles. The van der Waals surface area contributed by atoms with Crippen molar-refractivity contribution in [3.05, 3.63) is 83.4 Å². The number of nitrogens with one attached hydrogen (secondary N) is 1. The topological polar surface area (TPSA) is 71.3 Å². The number of pyridine rings is 1. The van der Waals surface area contributed by atoms with Gasteiger partial charge < -0.3 is 24.6 Å². The number of alkyl halides is 3. The minimum Gasteiger partial charge on any atom is -0.497 e. The molecule has 1 saturated heterocycles.